The fourth-order valence-corrected chi connectivity index (χ4v) is 2.36. The van der Waals surface area contributed by atoms with Gasteiger partial charge in [-0.3, -0.25) is 0 Å². The van der Waals surface area contributed by atoms with Crippen molar-refractivity contribution in [3.63, 3.8) is 0 Å². The Hall–Kier alpha value is -1.99. The third kappa shape index (κ3) is 1.42. The second-order valence-corrected chi connectivity index (χ2v) is 4.32. The molecule has 0 fully saturated rings. The number of aromatic nitrogens is 1. The molecule has 0 bridgehead atoms. The van der Waals surface area contributed by atoms with Crippen LogP contribution in [-0.4, -0.2) is 4.98 Å². The lowest BCUT2D eigenvalue weighted by molar-refractivity contribution is 0.449. The third-order valence-corrected chi connectivity index (χ3v) is 3.28. The maximum Gasteiger partial charge on any atom is 0.161 e. The van der Waals surface area contributed by atoms with Gasteiger partial charge in [-0.2, -0.15) is 5.26 Å². The average molecular weight is 226 g/mol. The molecule has 2 heterocycles. The molecule has 1 aliphatic heterocycles. The standard InChI is InChI=1S/C12H6N2OS/c13-6-8-5-10-12(14-7-8)16-11-4-2-1-3-9(11)15-10/h1-5,7H. The first-order chi connectivity index (χ1) is 7.86. The molecule has 0 radical (unpaired) electrons. The summed E-state index contributed by atoms with van der Waals surface area (Å²) in [4.78, 5) is 5.25. The summed E-state index contributed by atoms with van der Waals surface area (Å²) in [5, 5.41) is 9.59. The molecule has 0 amide bonds. The summed E-state index contributed by atoms with van der Waals surface area (Å²) in [5.41, 5.74) is 0.513. The summed E-state index contributed by atoms with van der Waals surface area (Å²) < 4.78 is 5.69. The first-order valence-corrected chi connectivity index (χ1v) is 5.53. The van der Waals surface area contributed by atoms with Crippen molar-refractivity contribution >= 4 is 11.8 Å². The zero-order chi connectivity index (χ0) is 11.0. The van der Waals surface area contributed by atoms with Crippen molar-refractivity contribution in [2.45, 2.75) is 9.92 Å². The van der Waals surface area contributed by atoms with Gasteiger partial charge in [0.05, 0.1) is 10.5 Å². The van der Waals surface area contributed by atoms with Crippen molar-refractivity contribution in [1.82, 2.24) is 4.98 Å². The van der Waals surface area contributed by atoms with Crippen LogP contribution in [0.1, 0.15) is 5.56 Å². The first kappa shape index (κ1) is 9.25. The molecule has 0 N–H and O–H groups in total. The smallest absolute Gasteiger partial charge is 0.161 e. The van der Waals surface area contributed by atoms with E-state index in [1.54, 1.807) is 24.0 Å². The molecule has 0 unspecified atom stereocenters. The Kier molecular flexibility index (Phi) is 2.05. The normalized spacial score (nSPS) is 11.9. The second-order valence-electron chi connectivity index (χ2n) is 3.29. The molecule has 76 valence electrons. The van der Waals surface area contributed by atoms with E-state index in [9.17, 15) is 0 Å². The van der Waals surface area contributed by atoms with E-state index in [-0.39, 0.29) is 0 Å². The molecule has 3 nitrogen and oxygen atoms in total. The van der Waals surface area contributed by atoms with E-state index >= 15 is 0 Å². The summed E-state index contributed by atoms with van der Waals surface area (Å²) in [6, 6.07) is 11.5. The van der Waals surface area contributed by atoms with Gasteiger partial charge in [0.1, 0.15) is 16.8 Å². The van der Waals surface area contributed by atoms with Gasteiger partial charge in [0.15, 0.2) is 5.75 Å². The third-order valence-electron chi connectivity index (χ3n) is 2.22. The number of nitriles is 1. The molecule has 0 spiro atoms. The number of nitrogens with zero attached hydrogens (tertiary/aromatic N) is 2. The molecule has 1 aromatic carbocycles. The molecule has 16 heavy (non-hydrogen) atoms. The number of benzene rings is 1. The number of rotatable bonds is 0. The van der Waals surface area contributed by atoms with Crippen LogP contribution in [0.5, 0.6) is 11.5 Å². The van der Waals surface area contributed by atoms with Crippen LogP contribution in [0.3, 0.4) is 0 Å². The molecule has 0 aliphatic carbocycles. The summed E-state index contributed by atoms with van der Waals surface area (Å²) in [7, 11) is 0. The number of hydrogen-bond donors (Lipinski definition) is 0. The fourth-order valence-electron chi connectivity index (χ4n) is 1.48. The highest BCUT2D eigenvalue weighted by atomic mass is 32.2. The maximum absolute atomic E-state index is 8.78. The quantitative estimate of drug-likeness (QED) is 0.590. The molecule has 1 aliphatic rings. The van der Waals surface area contributed by atoms with Gasteiger partial charge < -0.3 is 4.74 Å². The molecular weight excluding hydrogens is 220 g/mol. The zero-order valence-electron chi connectivity index (χ0n) is 8.18. The number of ether oxygens (including phenoxy) is 1. The van der Waals surface area contributed by atoms with Crippen LogP contribution in [0.4, 0.5) is 0 Å². The van der Waals surface area contributed by atoms with Gasteiger partial charge in [0, 0.05) is 12.3 Å². The van der Waals surface area contributed by atoms with Crippen molar-refractivity contribution in [2.75, 3.05) is 0 Å². The van der Waals surface area contributed by atoms with E-state index in [2.05, 4.69) is 4.98 Å². The lowest BCUT2D eigenvalue weighted by Gasteiger charge is -2.18. The predicted molar refractivity (Wildman–Crippen MR) is 59.6 cm³/mol. The molecule has 0 atom stereocenters. The highest BCUT2D eigenvalue weighted by Gasteiger charge is 2.18. The number of hydrogen-bond acceptors (Lipinski definition) is 4. The number of fused-ring (bicyclic) bond motifs is 2. The highest BCUT2D eigenvalue weighted by Crippen LogP contribution is 2.45. The summed E-state index contributed by atoms with van der Waals surface area (Å²) in [6.07, 6.45) is 1.56. The zero-order valence-corrected chi connectivity index (χ0v) is 8.99. The van der Waals surface area contributed by atoms with Crippen LogP contribution < -0.4 is 4.74 Å². The Labute approximate surface area is 96.7 Å². The van der Waals surface area contributed by atoms with Crippen LogP contribution >= 0.6 is 11.8 Å². The van der Waals surface area contributed by atoms with Crippen LogP contribution in [0.15, 0.2) is 46.5 Å². The highest BCUT2D eigenvalue weighted by molar-refractivity contribution is 7.99. The fraction of sp³-hybridized carbons (Fsp3) is 0. The van der Waals surface area contributed by atoms with Crippen LogP contribution in [-0.2, 0) is 0 Å². The predicted octanol–water partition coefficient (Wildman–Crippen LogP) is 3.21. The van der Waals surface area contributed by atoms with E-state index < -0.39 is 0 Å². The molecule has 0 saturated carbocycles. The van der Waals surface area contributed by atoms with Crippen molar-refractivity contribution in [1.29, 1.82) is 5.26 Å². The molecule has 3 rings (SSSR count). The van der Waals surface area contributed by atoms with Crippen molar-refractivity contribution in [3.8, 4) is 17.6 Å². The van der Waals surface area contributed by atoms with E-state index in [1.165, 1.54) is 0 Å². The minimum atomic E-state index is 0.513. The van der Waals surface area contributed by atoms with Crippen molar-refractivity contribution < 1.29 is 4.74 Å². The monoisotopic (exact) mass is 226 g/mol. The Bertz CT molecular complexity index is 604. The molecule has 4 heteroatoms. The van der Waals surface area contributed by atoms with Gasteiger partial charge >= 0.3 is 0 Å². The van der Waals surface area contributed by atoms with Gasteiger partial charge in [-0.25, -0.2) is 4.98 Å². The Morgan fingerprint density at radius 1 is 1.25 bits per heavy atom. The Balaban J connectivity index is 2.09. The topological polar surface area (TPSA) is 45.9 Å². The number of pyridine rings is 1. The van der Waals surface area contributed by atoms with Gasteiger partial charge in [0.25, 0.3) is 0 Å². The first-order valence-electron chi connectivity index (χ1n) is 4.72. The SMILES string of the molecule is N#Cc1cnc2c(c1)Oc1ccccc1S2. The van der Waals surface area contributed by atoms with Gasteiger partial charge in [0.2, 0.25) is 0 Å². The molecule has 2 aromatic rings. The van der Waals surface area contributed by atoms with E-state index in [0.29, 0.717) is 11.3 Å². The lowest BCUT2D eigenvalue weighted by Crippen LogP contribution is -1.97. The summed E-state index contributed by atoms with van der Waals surface area (Å²) >= 11 is 1.56. The molecule has 1 aromatic heterocycles. The van der Waals surface area contributed by atoms with Gasteiger partial charge in [-0.15, -0.1) is 0 Å². The largest absolute Gasteiger partial charge is 0.453 e. The maximum atomic E-state index is 8.78. The van der Waals surface area contributed by atoms with E-state index in [1.807, 2.05) is 30.3 Å². The second kappa shape index (κ2) is 3.54. The van der Waals surface area contributed by atoms with Crippen molar-refractivity contribution in [2.24, 2.45) is 0 Å². The molecular formula is C12H6N2OS. The Morgan fingerprint density at radius 2 is 2.12 bits per heavy atom. The van der Waals surface area contributed by atoms with Gasteiger partial charge in [-0.05, 0) is 12.1 Å². The van der Waals surface area contributed by atoms with E-state index in [0.717, 1.165) is 15.7 Å². The van der Waals surface area contributed by atoms with E-state index in [4.69, 9.17) is 10.00 Å². The van der Waals surface area contributed by atoms with Gasteiger partial charge in [-0.1, -0.05) is 23.9 Å². The van der Waals surface area contributed by atoms with Crippen LogP contribution in [0.25, 0.3) is 0 Å². The number of para-hydroxylation sites is 1. The lowest BCUT2D eigenvalue weighted by atomic mass is 10.3. The average Bonchev–Trinajstić information content (AvgIpc) is 2.35. The Morgan fingerprint density at radius 3 is 3.00 bits per heavy atom. The molecule has 0 saturated heterocycles. The van der Waals surface area contributed by atoms with Crippen LogP contribution in [0.2, 0.25) is 0 Å². The summed E-state index contributed by atoms with van der Waals surface area (Å²) in [6.45, 7) is 0. The van der Waals surface area contributed by atoms with Crippen molar-refractivity contribution in [3.05, 3.63) is 42.1 Å². The minimum Gasteiger partial charge on any atom is -0.453 e. The summed E-state index contributed by atoms with van der Waals surface area (Å²) in [5.74, 6) is 1.47. The minimum absolute atomic E-state index is 0.513. The van der Waals surface area contributed by atoms with Crippen LogP contribution in [0, 0.1) is 11.3 Å².